The first-order valence-corrected chi connectivity index (χ1v) is 10.6. The van der Waals surface area contributed by atoms with Crippen LogP contribution < -0.4 is 5.46 Å². The molecular formula is C24H28BF3O3. The van der Waals surface area contributed by atoms with Gasteiger partial charge in [-0.15, -0.1) is 0 Å². The van der Waals surface area contributed by atoms with Crippen LogP contribution in [0.5, 0.6) is 0 Å². The SMILES string of the molecule is CC(O)(c1cccc(C(F)(F)F)c1)c1ccc(B2OC(C)(C)C(C)(C)O2)c(C2CC2)c1. The van der Waals surface area contributed by atoms with Gasteiger partial charge in [-0.2, -0.15) is 13.2 Å². The summed E-state index contributed by atoms with van der Waals surface area (Å²) in [5.74, 6) is 0.339. The number of aliphatic hydroxyl groups is 1. The average Bonchev–Trinajstić information content (AvgIpc) is 3.48. The van der Waals surface area contributed by atoms with Crippen LogP contribution in [0.3, 0.4) is 0 Å². The number of alkyl halides is 3. The Balaban J connectivity index is 1.72. The van der Waals surface area contributed by atoms with Crippen LogP contribution in [0, 0.1) is 0 Å². The van der Waals surface area contributed by atoms with E-state index in [4.69, 9.17) is 9.31 Å². The van der Waals surface area contributed by atoms with Gasteiger partial charge in [0, 0.05) is 0 Å². The molecule has 1 saturated carbocycles. The monoisotopic (exact) mass is 432 g/mol. The summed E-state index contributed by atoms with van der Waals surface area (Å²) in [5.41, 5.74) is -0.586. The van der Waals surface area contributed by atoms with Crippen molar-refractivity contribution >= 4 is 12.6 Å². The second kappa shape index (κ2) is 7.09. The molecule has 2 aromatic rings. The zero-order valence-corrected chi connectivity index (χ0v) is 18.5. The minimum atomic E-state index is -4.47. The van der Waals surface area contributed by atoms with Gasteiger partial charge in [0.25, 0.3) is 0 Å². The first-order valence-electron chi connectivity index (χ1n) is 10.6. The van der Waals surface area contributed by atoms with E-state index in [9.17, 15) is 18.3 Å². The Bertz CT molecular complexity index is 978. The van der Waals surface area contributed by atoms with Gasteiger partial charge in [-0.1, -0.05) is 30.3 Å². The van der Waals surface area contributed by atoms with E-state index in [1.54, 1.807) is 6.07 Å². The lowest BCUT2D eigenvalue weighted by molar-refractivity contribution is -0.137. The maximum absolute atomic E-state index is 13.2. The highest BCUT2D eigenvalue weighted by Gasteiger charge is 2.52. The standard InChI is InChI=1S/C24H28BF3O3/c1-21(2)22(3,4)31-25(30-21)20-12-11-17(14-19(20)15-9-10-15)23(5,29)16-7-6-8-18(13-16)24(26,27)28/h6-8,11-15,29H,9-10H2,1-5H3. The van der Waals surface area contributed by atoms with Gasteiger partial charge in [0.15, 0.2) is 0 Å². The van der Waals surface area contributed by atoms with Crippen molar-refractivity contribution < 1.29 is 27.6 Å². The van der Waals surface area contributed by atoms with E-state index < -0.39 is 35.7 Å². The molecule has 1 aliphatic carbocycles. The molecule has 0 aromatic heterocycles. The van der Waals surface area contributed by atoms with Crippen LogP contribution in [0.25, 0.3) is 0 Å². The van der Waals surface area contributed by atoms with Crippen molar-refractivity contribution in [1.29, 1.82) is 0 Å². The smallest absolute Gasteiger partial charge is 0.399 e. The number of hydrogen-bond acceptors (Lipinski definition) is 3. The summed E-state index contributed by atoms with van der Waals surface area (Å²) < 4.78 is 52.0. The minimum Gasteiger partial charge on any atom is -0.399 e. The summed E-state index contributed by atoms with van der Waals surface area (Å²) >= 11 is 0. The van der Waals surface area contributed by atoms with Gasteiger partial charge in [0.05, 0.1) is 16.8 Å². The fourth-order valence-corrected chi connectivity index (χ4v) is 3.98. The van der Waals surface area contributed by atoms with Crippen LogP contribution >= 0.6 is 0 Å². The van der Waals surface area contributed by atoms with E-state index in [0.29, 0.717) is 11.5 Å². The maximum Gasteiger partial charge on any atom is 0.495 e. The first-order chi connectivity index (χ1) is 14.2. The average molecular weight is 432 g/mol. The maximum atomic E-state index is 13.2. The van der Waals surface area contributed by atoms with Crippen LogP contribution in [0.2, 0.25) is 0 Å². The lowest BCUT2D eigenvalue weighted by atomic mass is 9.73. The molecule has 0 bridgehead atoms. The second-order valence-electron chi connectivity index (χ2n) is 9.86. The second-order valence-corrected chi connectivity index (χ2v) is 9.86. The predicted molar refractivity (Wildman–Crippen MR) is 114 cm³/mol. The van der Waals surface area contributed by atoms with Crippen molar-refractivity contribution in [2.24, 2.45) is 0 Å². The Kier molecular flexibility index (Phi) is 5.12. The van der Waals surface area contributed by atoms with E-state index in [-0.39, 0.29) is 5.56 Å². The zero-order chi connectivity index (χ0) is 22.8. The molecule has 2 fully saturated rings. The van der Waals surface area contributed by atoms with Gasteiger partial charge in [-0.3, -0.25) is 0 Å². The molecule has 1 heterocycles. The molecule has 166 valence electrons. The molecule has 1 N–H and O–H groups in total. The van der Waals surface area contributed by atoms with Crippen LogP contribution in [-0.2, 0) is 21.1 Å². The molecular weight excluding hydrogens is 404 g/mol. The van der Waals surface area contributed by atoms with Crippen molar-refractivity contribution in [2.45, 2.75) is 76.4 Å². The summed E-state index contributed by atoms with van der Waals surface area (Å²) in [6.07, 6.45) is -2.41. The van der Waals surface area contributed by atoms with Crippen molar-refractivity contribution in [1.82, 2.24) is 0 Å². The normalized spacial score (nSPS) is 22.4. The summed E-state index contributed by atoms with van der Waals surface area (Å²) in [7, 11) is -0.520. The number of hydrogen-bond donors (Lipinski definition) is 1. The van der Waals surface area contributed by atoms with Crippen LogP contribution in [0.15, 0.2) is 42.5 Å². The molecule has 2 aromatic carbocycles. The van der Waals surface area contributed by atoms with Gasteiger partial charge < -0.3 is 14.4 Å². The van der Waals surface area contributed by atoms with Crippen LogP contribution in [0.1, 0.15) is 75.6 Å². The lowest BCUT2D eigenvalue weighted by Crippen LogP contribution is -2.41. The topological polar surface area (TPSA) is 38.7 Å². The fourth-order valence-electron chi connectivity index (χ4n) is 3.98. The molecule has 7 heteroatoms. The van der Waals surface area contributed by atoms with Gasteiger partial charge in [-0.05, 0) is 87.7 Å². The fraction of sp³-hybridized carbons (Fsp3) is 0.500. The van der Waals surface area contributed by atoms with E-state index in [0.717, 1.165) is 36.0 Å². The molecule has 1 saturated heterocycles. The highest BCUT2D eigenvalue weighted by molar-refractivity contribution is 6.62. The molecule has 3 nitrogen and oxygen atoms in total. The Hall–Kier alpha value is -1.83. The van der Waals surface area contributed by atoms with Crippen LogP contribution in [-0.4, -0.2) is 23.4 Å². The Morgan fingerprint density at radius 3 is 2.00 bits per heavy atom. The third kappa shape index (κ3) is 4.03. The van der Waals surface area contributed by atoms with Gasteiger partial charge in [0.1, 0.15) is 5.60 Å². The number of halogens is 3. The summed E-state index contributed by atoms with van der Waals surface area (Å²) in [5, 5.41) is 11.3. The highest BCUT2D eigenvalue weighted by Crippen LogP contribution is 2.43. The molecule has 0 spiro atoms. The number of benzene rings is 2. The zero-order valence-electron chi connectivity index (χ0n) is 18.5. The Morgan fingerprint density at radius 2 is 1.45 bits per heavy atom. The highest BCUT2D eigenvalue weighted by atomic mass is 19.4. The molecule has 31 heavy (non-hydrogen) atoms. The van der Waals surface area contributed by atoms with E-state index in [2.05, 4.69) is 0 Å². The Labute approximate surface area is 181 Å². The molecule has 1 aliphatic heterocycles. The van der Waals surface area contributed by atoms with Crippen molar-refractivity contribution in [3.8, 4) is 0 Å². The summed E-state index contributed by atoms with van der Waals surface area (Å²) in [6.45, 7) is 9.52. The molecule has 1 atom stereocenters. The van der Waals surface area contributed by atoms with Crippen molar-refractivity contribution in [3.05, 3.63) is 64.7 Å². The minimum absolute atomic E-state index is 0.201. The molecule has 2 aliphatic rings. The quantitative estimate of drug-likeness (QED) is 0.681. The van der Waals surface area contributed by atoms with Gasteiger partial charge in [0.2, 0.25) is 0 Å². The van der Waals surface area contributed by atoms with Crippen LogP contribution in [0.4, 0.5) is 13.2 Å². The molecule has 0 radical (unpaired) electrons. The van der Waals surface area contributed by atoms with E-state index >= 15 is 0 Å². The predicted octanol–water partition coefficient (Wildman–Crippen LogP) is 5.14. The summed E-state index contributed by atoms with van der Waals surface area (Å²) in [6, 6.07) is 10.4. The van der Waals surface area contributed by atoms with E-state index in [1.807, 2.05) is 39.8 Å². The van der Waals surface area contributed by atoms with Crippen molar-refractivity contribution in [3.63, 3.8) is 0 Å². The van der Waals surface area contributed by atoms with Crippen molar-refractivity contribution in [2.75, 3.05) is 0 Å². The van der Waals surface area contributed by atoms with Gasteiger partial charge >= 0.3 is 13.3 Å². The summed E-state index contributed by atoms with van der Waals surface area (Å²) in [4.78, 5) is 0. The largest absolute Gasteiger partial charge is 0.495 e. The molecule has 4 rings (SSSR count). The molecule has 0 amide bonds. The van der Waals surface area contributed by atoms with E-state index in [1.165, 1.54) is 19.1 Å². The Morgan fingerprint density at radius 1 is 0.903 bits per heavy atom. The first kappa shape index (κ1) is 22.4. The third-order valence-corrected chi connectivity index (χ3v) is 6.93. The third-order valence-electron chi connectivity index (χ3n) is 6.93. The number of rotatable bonds is 4. The van der Waals surface area contributed by atoms with Gasteiger partial charge in [-0.25, -0.2) is 0 Å². The lowest BCUT2D eigenvalue weighted by Gasteiger charge is -2.32. The molecule has 1 unspecified atom stereocenters.